The van der Waals surface area contributed by atoms with Gasteiger partial charge in [0, 0.05) is 22.1 Å². The molecule has 1 saturated carbocycles. The molecule has 0 spiro atoms. The zero-order valence-corrected chi connectivity index (χ0v) is 26.6. The topological polar surface area (TPSA) is 86.8 Å². The van der Waals surface area contributed by atoms with Crippen LogP contribution in [-0.4, -0.2) is 43.8 Å². The van der Waals surface area contributed by atoms with E-state index in [1.54, 1.807) is 44.2 Å². The first-order chi connectivity index (χ1) is 19.5. The second-order valence-electron chi connectivity index (χ2n) is 10.6. The molecule has 2 amide bonds. The normalized spacial score (nSPS) is 14.5. The van der Waals surface area contributed by atoms with Gasteiger partial charge in [0.05, 0.1) is 10.6 Å². The average molecular weight is 661 g/mol. The van der Waals surface area contributed by atoms with Crippen LogP contribution in [0, 0.1) is 13.8 Å². The van der Waals surface area contributed by atoms with Crippen LogP contribution in [0.3, 0.4) is 0 Å². The lowest BCUT2D eigenvalue weighted by Gasteiger charge is -2.33. The monoisotopic (exact) mass is 659 g/mol. The molecule has 4 rings (SSSR count). The highest BCUT2D eigenvalue weighted by Gasteiger charge is 2.34. The summed E-state index contributed by atoms with van der Waals surface area (Å²) in [5.74, 6) is -0.745. The molecule has 0 aliphatic heterocycles. The molecule has 3 aromatic rings. The summed E-state index contributed by atoms with van der Waals surface area (Å²) in [5.41, 5.74) is 2.68. The third-order valence-corrected chi connectivity index (χ3v) is 9.99. The van der Waals surface area contributed by atoms with Gasteiger partial charge in [0.1, 0.15) is 12.6 Å². The van der Waals surface area contributed by atoms with Crippen LogP contribution < -0.4 is 9.62 Å². The van der Waals surface area contributed by atoms with E-state index in [9.17, 15) is 18.0 Å². The van der Waals surface area contributed by atoms with E-state index in [0.717, 1.165) is 45.6 Å². The molecule has 1 fully saturated rings. The molecule has 0 aromatic heterocycles. The molecular formula is C31H35BrClN3O4S. The Morgan fingerprint density at radius 3 is 2.24 bits per heavy atom. The van der Waals surface area contributed by atoms with E-state index < -0.39 is 28.5 Å². The molecule has 3 aromatic carbocycles. The Labute approximate surface area is 256 Å². The van der Waals surface area contributed by atoms with Crippen LogP contribution in [0.1, 0.15) is 49.3 Å². The Bertz CT molecular complexity index is 1490. The first kappa shape index (κ1) is 31.1. The van der Waals surface area contributed by atoms with E-state index in [-0.39, 0.29) is 23.4 Å². The maximum absolute atomic E-state index is 14.1. The summed E-state index contributed by atoms with van der Waals surface area (Å²) in [7, 11) is -4.14. The molecule has 1 aliphatic rings. The number of carbonyl (C=O) groups excluding carboxylic acids is 2. The molecule has 7 nitrogen and oxygen atoms in total. The van der Waals surface area contributed by atoms with Crippen molar-refractivity contribution in [2.75, 3.05) is 10.8 Å². The fourth-order valence-electron chi connectivity index (χ4n) is 5.01. The Morgan fingerprint density at radius 2 is 1.63 bits per heavy atom. The molecular weight excluding hydrogens is 626 g/mol. The van der Waals surface area contributed by atoms with E-state index in [1.165, 1.54) is 17.0 Å². The summed E-state index contributed by atoms with van der Waals surface area (Å²) in [6.45, 7) is 4.96. The summed E-state index contributed by atoms with van der Waals surface area (Å²) < 4.78 is 30.0. The third kappa shape index (κ3) is 7.70. The van der Waals surface area contributed by atoms with Crippen molar-refractivity contribution in [3.8, 4) is 0 Å². The molecule has 0 heterocycles. The smallest absolute Gasteiger partial charge is 0.264 e. The maximum Gasteiger partial charge on any atom is 0.264 e. The van der Waals surface area contributed by atoms with Gasteiger partial charge in [-0.15, -0.1) is 0 Å². The fourth-order valence-corrected chi connectivity index (χ4v) is 6.98. The highest BCUT2D eigenvalue weighted by atomic mass is 79.9. The molecule has 0 bridgehead atoms. The second-order valence-corrected chi connectivity index (χ2v) is 13.8. The number of carbonyl (C=O) groups is 2. The van der Waals surface area contributed by atoms with Crippen LogP contribution in [0.2, 0.25) is 5.02 Å². The van der Waals surface area contributed by atoms with E-state index in [2.05, 4.69) is 21.2 Å². The first-order valence-electron chi connectivity index (χ1n) is 13.7. The molecule has 1 unspecified atom stereocenters. The minimum atomic E-state index is -4.14. The highest BCUT2D eigenvalue weighted by Crippen LogP contribution is 2.30. The zero-order chi connectivity index (χ0) is 29.7. The number of hydrogen-bond acceptors (Lipinski definition) is 4. The molecule has 0 radical (unpaired) electrons. The SMILES string of the molecule is Cc1ccc(S(=O)(=O)N(CC(=O)N(Cc2ccc(Br)cc2)C(C)C(=O)NC2CCCC2)c2ccc(Cl)cc2C)cc1. The number of halogens is 2. The number of amides is 2. The molecule has 1 N–H and O–H groups in total. The number of sulfonamides is 1. The summed E-state index contributed by atoms with van der Waals surface area (Å²) >= 11 is 9.62. The number of aryl methyl sites for hydroxylation is 2. The van der Waals surface area contributed by atoms with Gasteiger partial charge >= 0.3 is 0 Å². The van der Waals surface area contributed by atoms with Gasteiger partial charge in [-0.2, -0.15) is 0 Å². The van der Waals surface area contributed by atoms with Gasteiger partial charge < -0.3 is 10.2 Å². The molecule has 0 saturated heterocycles. The molecule has 218 valence electrons. The summed E-state index contributed by atoms with van der Waals surface area (Å²) in [4.78, 5) is 28.9. The summed E-state index contributed by atoms with van der Waals surface area (Å²) in [6.07, 6.45) is 3.95. The number of rotatable bonds is 10. The van der Waals surface area contributed by atoms with Crippen LogP contribution in [0.15, 0.2) is 76.1 Å². The van der Waals surface area contributed by atoms with Crippen molar-refractivity contribution >= 4 is 55.1 Å². The van der Waals surface area contributed by atoms with E-state index >= 15 is 0 Å². The second kappa shape index (κ2) is 13.4. The predicted molar refractivity (Wildman–Crippen MR) is 166 cm³/mol. The van der Waals surface area contributed by atoms with E-state index in [1.807, 2.05) is 31.2 Å². The van der Waals surface area contributed by atoms with Crippen molar-refractivity contribution in [1.29, 1.82) is 0 Å². The molecule has 10 heteroatoms. The number of anilines is 1. The Balaban J connectivity index is 1.70. The van der Waals surface area contributed by atoms with Crippen molar-refractivity contribution in [3.63, 3.8) is 0 Å². The maximum atomic E-state index is 14.1. The molecule has 1 aliphatic carbocycles. The van der Waals surface area contributed by atoms with Crippen LogP contribution in [0.25, 0.3) is 0 Å². The van der Waals surface area contributed by atoms with Crippen LogP contribution in [0.5, 0.6) is 0 Å². The lowest BCUT2D eigenvalue weighted by atomic mass is 10.1. The zero-order valence-electron chi connectivity index (χ0n) is 23.4. The number of nitrogens with one attached hydrogen (secondary N) is 1. The van der Waals surface area contributed by atoms with Gasteiger partial charge in [-0.25, -0.2) is 8.42 Å². The average Bonchev–Trinajstić information content (AvgIpc) is 3.44. The van der Waals surface area contributed by atoms with Crippen molar-refractivity contribution in [1.82, 2.24) is 10.2 Å². The van der Waals surface area contributed by atoms with E-state index in [0.29, 0.717) is 16.3 Å². The first-order valence-corrected chi connectivity index (χ1v) is 16.3. The largest absolute Gasteiger partial charge is 0.352 e. The van der Waals surface area contributed by atoms with Gasteiger partial charge in [0.15, 0.2) is 0 Å². The van der Waals surface area contributed by atoms with Gasteiger partial charge in [0.2, 0.25) is 11.8 Å². The van der Waals surface area contributed by atoms with E-state index in [4.69, 9.17) is 11.6 Å². The van der Waals surface area contributed by atoms with Crippen LogP contribution in [0.4, 0.5) is 5.69 Å². The lowest BCUT2D eigenvalue weighted by molar-refractivity contribution is -0.139. The highest BCUT2D eigenvalue weighted by molar-refractivity contribution is 9.10. The number of benzene rings is 3. The standard InChI is InChI=1S/C31H35BrClN3O4S/c1-21-8-15-28(16-9-21)41(39,40)36(29-17-14-26(33)18-22(29)2)20-30(37)35(19-24-10-12-25(32)13-11-24)23(3)31(38)34-27-6-4-5-7-27/h8-18,23,27H,4-7,19-20H2,1-3H3,(H,34,38). The van der Waals surface area contributed by atoms with Crippen LogP contribution in [-0.2, 0) is 26.2 Å². The van der Waals surface area contributed by atoms with Crippen molar-refractivity contribution in [3.05, 3.63) is 92.9 Å². The van der Waals surface area contributed by atoms with Crippen molar-refractivity contribution < 1.29 is 18.0 Å². The quantitative estimate of drug-likeness (QED) is 0.273. The van der Waals surface area contributed by atoms with Crippen molar-refractivity contribution in [2.45, 2.75) is 70.0 Å². The van der Waals surface area contributed by atoms with Gasteiger partial charge in [-0.3, -0.25) is 13.9 Å². The Hall–Kier alpha value is -2.88. The number of hydrogen-bond donors (Lipinski definition) is 1. The minimum absolute atomic E-state index is 0.0664. The van der Waals surface area contributed by atoms with Crippen LogP contribution >= 0.6 is 27.5 Å². The lowest BCUT2D eigenvalue weighted by Crippen LogP contribution is -2.52. The minimum Gasteiger partial charge on any atom is -0.352 e. The van der Waals surface area contributed by atoms with Gasteiger partial charge in [-0.1, -0.05) is 70.2 Å². The Kier molecular flexibility index (Phi) is 10.2. The molecule has 41 heavy (non-hydrogen) atoms. The summed E-state index contributed by atoms with van der Waals surface area (Å²) in [5, 5.41) is 3.54. The van der Waals surface area contributed by atoms with Gasteiger partial charge in [-0.05, 0) is 87.2 Å². The van der Waals surface area contributed by atoms with Gasteiger partial charge in [0.25, 0.3) is 10.0 Å². The predicted octanol–water partition coefficient (Wildman–Crippen LogP) is 6.39. The van der Waals surface area contributed by atoms with Crippen molar-refractivity contribution in [2.24, 2.45) is 0 Å². The Morgan fingerprint density at radius 1 is 1.00 bits per heavy atom. The third-order valence-electron chi connectivity index (χ3n) is 7.45. The molecule has 1 atom stereocenters. The number of nitrogens with zero attached hydrogens (tertiary/aromatic N) is 2. The summed E-state index contributed by atoms with van der Waals surface area (Å²) in [6, 6.07) is 18.1. The fraction of sp³-hybridized carbons (Fsp3) is 0.355.